The van der Waals surface area contributed by atoms with Crippen LogP contribution in [0.25, 0.3) is 33.5 Å². The van der Waals surface area contributed by atoms with E-state index in [2.05, 4.69) is 88.4 Å². The Morgan fingerprint density at radius 1 is 0.935 bits per heavy atom. The number of nitrogens with one attached hydrogen (secondary N) is 1. The number of hydrogen-bond donors (Lipinski definition) is 1. The quantitative estimate of drug-likeness (QED) is 0.439. The van der Waals surface area contributed by atoms with Gasteiger partial charge in [-0.3, -0.25) is 0 Å². The highest BCUT2D eigenvalue weighted by molar-refractivity contribution is 5.82. The highest BCUT2D eigenvalue weighted by atomic mass is 15.5. The number of benzene rings is 3. The van der Waals surface area contributed by atoms with Gasteiger partial charge in [-0.15, -0.1) is 10.2 Å². The Morgan fingerprint density at radius 3 is 2.52 bits per heavy atom. The van der Waals surface area contributed by atoms with Gasteiger partial charge in [0.2, 0.25) is 5.82 Å². The maximum atomic E-state index is 4.93. The number of aromatic nitrogens is 6. The fourth-order valence-electron chi connectivity index (χ4n) is 4.27. The normalized spacial score (nSPS) is 11.3. The summed E-state index contributed by atoms with van der Waals surface area (Å²) in [6.07, 6.45) is 0.882. The van der Waals surface area contributed by atoms with Crippen molar-refractivity contribution < 1.29 is 0 Å². The molecule has 2 heterocycles. The summed E-state index contributed by atoms with van der Waals surface area (Å²) in [7, 11) is 0. The highest BCUT2D eigenvalue weighted by Gasteiger charge is 2.15. The lowest BCUT2D eigenvalue weighted by Crippen LogP contribution is -2.05. The number of aromatic amines is 1. The first-order valence-corrected chi connectivity index (χ1v) is 10.5. The minimum atomic E-state index is 0.596. The summed E-state index contributed by atoms with van der Waals surface area (Å²) in [6.45, 7) is 7.17. The van der Waals surface area contributed by atoms with Gasteiger partial charge in [0.15, 0.2) is 0 Å². The monoisotopic (exact) mass is 408 g/mol. The van der Waals surface area contributed by atoms with E-state index in [0.29, 0.717) is 5.82 Å². The molecule has 0 saturated heterocycles. The second-order valence-electron chi connectivity index (χ2n) is 7.90. The molecule has 31 heavy (non-hydrogen) atoms. The minimum Gasteiger partial charge on any atom is -0.323 e. The topological polar surface area (TPSA) is 72.3 Å². The maximum Gasteiger partial charge on any atom is 0.205 e. The van der Waals surface area contributed by atoms with Crippen LogP contribution in [0, 0.1) is 13.8 Å². The zero-order valence-corrected chi connectivity index (χ0v) is 17.9. The molecule has 0 atom stereocenters. The second kappa shape index (κ2) is 7.80. The molecule has 0 unspecified atom stereocenters. The van der Waals surface area contributed by atoms with Crippen LogP contribution in [0.2, 0.25) is 0 Å². The third kappa shape index (κ3) is 3.50. The van der Waals surface area contributed by atoms with E-state index >= 15 is 0 Å². The molecule has 0 spiro atoms. The van der Waals surface area contributed by atoms with E-state index in [4.69, 9.17) is 4.98 Å². The lowest BCUT2D eigenvalue weighted by molar-refractivity contribution is 0.753. The zero-order chi connectivity index (χ0) is 21.4. The molecule has 6 nitrogen and oxygen atoms in total. The van der Waals surface area contributed by atoms with E-state index in [1.807, 2.05) is 18.2 Å². The number of fused-ring (bicyclic) bond motifs is 1. The number of hydrogen-bond acceptors (Lipinski definition) is 4. The molecule has 5 aromatic rings. The Bertz CT molecular complexity index is 1350. The van der Waals surface area contributed by atoms with E-state index in [1.54, 1.807) is 0 Å². The highest BCUT2D eigenvalue weighted by Crippen LogP contribution is 2.32. The van der Waals surface area contributed by atoms with Crippen molar-refractivity contribution in [3.63, 3.8) is 0 Å². The number of tetrazole rings is 1. The SMILES string of the molecule is CCc1nc2c(C)cc(C)cc2n1Cc1ccc(-c2ccccc2)c(-c2nn[nH]n2)c1. The molecule has 0 aliphatic carbocycles. The summed E-state index contributed by atoms with van der Waals surface area (Å²) in [5.41, 5.74) is 9.09. The first-order chi connectivity index (χ1) is 15.1. The molecule has 6 heteroatoms. The van der Waals surface area contributed by atoms with E-state index in [0.717, 1.165) is 41.0 Å². The molecule has 0 radical (unpaired) electrons. The Morgan fingerprint density at radius 2 is 1.77 bits per heavy atom. The molecule has 3 aromatic carbocycles. The Labute approximate surface area is 181 Å². The van der Waals surface area contributed by atoms with Crippen LogP contribution >= 0.6 is 0 Å². The second-order valence-corrected chi connectivity index (χ2v) is 7.90. The van der Waals surface area contributed by atoms with Crippen molar-refractivity contribution in [1.29, 1.82) is 0 Å². The molecule has 0 saturated carbocycles. The van der Waals surface area contributed by atoms with Crippen molar-refractivity contribution in [2.75, 3.05) is 0 Å². The average Bonchev–Trinajstić information content (AvgIpc) is 3.43. The molecule has 0 fully saturated rings. The van der Waals surface area contributed by atoms with Crippen LogP contribution in [0.1, 0.15) is 29.4 Å². The number of H-pyrrole nitrogens is 1. The van der Waals surface area contributed by atoms with Gasteiger partial charge in [-0.25, -0.2) is 4.98 Å². The first kappa shape index (κ1) is 19.2. The molecule has 1 N–H and O–H groups in total. The average molecular weight is 409 g/mol. The van der Waals surface area contributed by atoms with Crippen LogP contribution in [0.4, 0.5) is 0 Å². The summed E-state index contributed by atoms with van der Waals surface area (Å²) < 4.78 is 2.33. The smallest absolute Gasteiger partial charge is 0.205 e. The largest absolute Gasteiger partial charge is 0.323 e. The van der Waals surface area contributed by atoms with Gasteiger partial charge in [0.25, 0.3) is 0 Å². The lowest BCUT2D eigenvalue weighted by Gasteiger charge is -2.13. The lowest BCUT2D eigenvalue weighted by atomic mass is 9.97. The molecule has 2 aromatic heterocycles. The van der Waals surface area contributed by atoms with E-state index < -0.39 is 0 Å². The predicted octanol–water partition coefficient (Wildman–Crippen LogP) is 5.11. The van der Waals surface area contributed by atoms with Crippen LogP contribution < -0.4 is 0 Å². The van der Waals surface area contributed by atoms with Crippen molar-refractivity contribution in [2.24, 2.45) is 0 Å². The maximum absolute atomic E-state index is 4.93. The van der Waals surface area contributed by atoms with Gasteiger partial charge in [0.05, 0.1) is 11.0 Å². The van der Waals surface area contributed by atoms with E-state index in [1.165, 1.54) is 22.2 Å². The molecule has 0 bridgehead atoms. The molecule has 154 valence electrons. The van der Waals surface area contributed by atoms with Crippen LogP contribution in [-0.4, -0.2) is 30.2 Å². The Hall–Kier alpha value is -3.80. The van der Waals surface area contributed by atoms with Crippen LogP contribution in [0.3, 0.4) is 0 Å². The van der Waals surface area contributed by atoms with E-state index in [9.17, 15) is 0 Å². The summed E-state index contributed by atoms with van der Waals surface area (Å²) in [5.74, 6) is 1.69. The molecule has 5 rings (SSSR count). The fourth-order valence-corrected chi connectivity index (χ4v) is 4.27. The molecule has 0 aliphatic rings. The van der Waals surface area contributed by atoms with Crippen molar-refractivity contribution in [1.82, 2.24) is 30.2 Å². The number of aryl methyl sites for hydroxylation is 3. The van der Waals surface area contributed by atoms with Crippen LogP contribution in [0.5, 0.6) is 0 Å². The third-order valence-corrected chi connectivity index (χ3v) is 5.68. The van der Waals surface area contributed by atoms with Crippen molar-refractivity contribution >= 4 is 11.0 Å². The standard InChI is InChI=1S/C25H24N6/c1-4-23-26-24-17(3)12-16(2)13-22(24)31(23)15-18-10-11-20(19-8-6-5-7-9-19)21(14-18)25-27-29-30-28-25/h5-14H,4,15H2,1-3H3,(H,27,28,29,30). The molecule has 0 amide bonds. The van der Waals surface area contributed by atoms with Crippen LogP contribution in [0.15, 0.2) is 60.7 Å². The molecular weight excluding hydrogens is 384 g/mol. The van der Waals surface area contributed by atoms with Crippen molar-refractivity contribution in [3.8, 4) is 22.5 Å². The number of nitrogens with zero attached hydrogens (tertiary/aromatic N) is 5. The number of imidazole rings is 1. The van der Waals surface area contributed by atoms with Crippen molar-refractivity contribution in [2.45, 2.75) is 33.7 Å². The van der Waals surface area contributed by atoms with Gasteiger partial charge < -0.3 is 4.57 Å². The molecular formula is C25H24N6. The van der Waals surface area contributed by atoms with E-state index in [-0.39, 0.29) is 0 Å². The summed E-state index contributed by atoms with van der Waals surface area (Å²) in [4.78, 5) is 4.93. The Kier molecular flexibility index (Phi) is 4.82. The fraction of sp³-hybridized carbons (Fsp3) is 0.200. The summed E-state index contributed by atoms with van der Waals surface area (Å²) in [6, 6.07) is 21.2. The third-order valence-electron chi connectivity index (χ3n) is 5.68. The van der Waals surface area contributed by atoms with Gasteiger partial charge in [-0.05, 0) is 59.0 Å². The summed E-state index contributed by atoms with van der Waals surface area (Å²) in [5, 5.41) is 14.9. The Balaban J connectivity index is 1.64. The zero-order valence-electron chi connectivity index (χ0n) is 17.9. The van der Waals surface area contributed by atoms with Gasteiger partial charge in [-0.1, -0.05) is 55.5 Å². The predicted molar refractivity (Wildman–Crippen MR) is 123 cm³/mol. The van der Waals surface area contributed by atoms with Gasteiger partial charge in [0, 0.05) is 18.5 Å². The minimum absolute atomic E-state index is 0.596. The van der Waals surface area contributed by atoms with Gasteiger partial charge in [0.1, 0.15) is 5.82 Å². The molecule has 0 aliphatic heterocycles. The number of rotatable bonds is 5. The van der Waals surface area contributed by atoms with Crippen molar-refractivity contribution in [3.05, 3.63) is 83.2 Å². The van der Waals surface area contributed by atoms with Crippen LogP contribution in [-0.2, 0) is 13.0 Å². The first-order valence-electron chi connectivity index (χ1n) is 10.5. The van der Waals surface area contributed by atoms with Gasteiger partial charge in [-0.2, -0.15) is 5.21 Å². The summed E-state index contributed by atoms with van der Waals surface area (Å²) >= 11 is 0. The van der Waals surface area contributed by atoms with Gasteiger partial charge >= 0.3 is 0 Å².